The van der Waals surface area contributed by atoms with Crippen LogP contribution in [0.5, 0.6) is 0 Å². The molecular formula is C68H81BN2S. The smallest absolute Gasteiger partial charge is 0.264 e. The van der Waals surface area contributed by atoms with Crippen molar-refractivity contribution in [3.05, 3.63) is 148 Å². The summed E-state index contributed by atoms with van der Waals surface area (Å²) >= 11 is 2.01. The summed E-state index contributed by atoms with van der Waals surface area (Å²) in [6.07, 6.45) is 2.24. The molecule has 1 aromatic heterocycles. The van der Waals surface area contributed by atoms with E-state index in [1.54, 1.807) is 22.3 Å². The van der Waals surface area contributed by atoms with E-state index in [2.05, 4.69) is 251 Å². The molecule has 7 aromatic rings. The molecule has 3 heterocycles. The molecule has 72 heavy (non-hydrogen) atoms. The predicted molar refractivity (Wildman–Crippen MR) is 317 cm³/mol. The van der Waals surface area contributed by atoms with Gasteiger partial charge in [0.25, 0.3) is 6.71 Å². The van der Waals surface area contributed by atoms with Crippen molar-refractivity contribution in [2.75, 3.05) is 9.80 Å². The Morgan fingerprint density at radius 2 is 0.875 bits per heavy atom. The third-order valence-corrected chi connectivity index (χ3v) is 18.8. The lowest BCUT2D eigenvalue weighted by Gasteiger charge is -2.44. The van der Waals surface area contributed by atoms with Crippen LogP contribution in [0.2, 0.25) is 0 Å². The summed E-state index contributed by atoms with van der Waals surface area (Å²) in [7, 11) is 0. The van der Waals surface area contributed by atoms with Crippen LogP contribution in [0.15, 0.2) is 103 Å². The van der Waals surface area contributed by atoms with Gasteiger partial charge in [0.15, 0.2) is 0 Å². The maximum atomic E-state index is 2.72. The third-order valence-electron chi connectivity index (χ3n) is 17.6. The fourth-order valence-corrected chi connectivity index (χ4v) is 15.7. The Balaban J connectivity index is 1.34. The van der Waals surface area contributed by atoms with Gasteiger partial charge in [-0.3, -0.25) is 0 Å². The first-order valence-corrected chi connectivity index (χ1v) is 27.9. The van der Waals surface area contributed by atoms with Crippen molar-refractivity contribution >= 4 is 78.0 Å². The molecule has 0 bridgehead atoms. The van der Waals surface area contributed by atoms with Gasteiger partial charge in [0.1, 0.15) is 0 Å². The third kappa shape index (κ3) is 7.44. The minimum Gasteiger partial charge on any atom is -0.311 e. The summed E-state index contributed by atoms with van der Waals surface area (Å²) in [6.45, 7) is 48.4. The highest BCUT2D eigenvalue weighted by Gasteiger charge is 2.52. The molecule has 2 aliphatic carbocycles. The number of fused-ring (bicyclic) bond motifs is 8. The van der Waals surface area contributed by atoms with Crippen LogP contribution in [0, 0.1) is 0 Å². The van der Waals surface area contributed by atoms with Crippen LogP contribution in [-0.2, 0) is 43.3 Å². The Labute approximate surface area is 438 Å². The number of rotatable bonds is 3. The fraction of sp³-hybridized carbons (Fsp3) is 0.441. The normalized spacial score (nSPS) is 18.2. The van der Waals surface area contributed by atoms with Crippen molar-refractivity contribution in [1.82, 2.24) is 0 Å². The van der Waals surface area contributed by atoms with E-state index in [4.69, 9.17) is 0 Å². The lowest BCUT2D eigenvalue weighted by Crippen LogP contribution is -2.60. The molecule has 6 aromatic carbocycles. The summed E-state index contributed by atoms with van der Waals surface area (Å²) in [5.41, 5.74) is 24.9. The van der Waals surface area contributed by atoms with E-state index in [0.717, 1.165) is 12.8 Å². The zero-order chi connectivity index (χ0) is 52.0. The molecule has 4 heteroatoms. The highest BCUT2D eigenvalue weighted by Crippen LogP contribution is 2.62. The zero-order valence-electron chi connectivity index (χ0n) is 47.6. The summed E-state index contributed by atoms with van der Waals surface area (Å²) in [4.78, 5) is 5.39. The van der Waals surface area contributed by atoms with Crippen LogP contribution in [0.25, 0.3) is 21.2 Å². The Kier molecular flexibility index (Phi) is 10.4. The van der Waals surface area contributed by atoms with Gasteiger partial charge >= 0.3 is 0 Å². The fourth-order valence-electron chi connectivity index (χ4n) is 14.4. The first-order valence-electron chi connectivity index (χ1n) is 27.1. The summed E-state index contributed by atoms with van der Waals surface area (Å²) in [6, 6.07) is 42.1. The van der Waals surface area contributed by atoms with Gasteiger partial charge in [-0.25, -0.2) is 0 Å². The molecule has 372 valence electrons. The van der Waals surface area contributed by atoms with Crippen LogP contribution < -0.4 is 25.5 Å². The molecule has 4 aliphatic rings. The molecule has 2 nitrogen and oxygen atoms in total. The second-order valence-corrected chi connectivity index (χ2v) is 30.5. The largest absolute Gasteiger partial charge is 0.311 e. The molecule has 0 saturated carbocycles. The van der Waals surface area contributed by atoms with Crippen LogP contribution in [0.4, 0.5) is 34.1 Å². The zero-order valence-corrected chi connectivity index (χ0v) is 48.4. The van der Waals surface area contributed by atoms with E-state index in [0.29, 0.717) is 0 Å². The van der Waals surface area contributed by atoms with Crippen molar-refractivity contribution in [3.8, 4) is 11.1 Å². The standard InChI is InChI=1S/C68H81BN2S/c1-61(2,3)41-21-27-45(28-22-41)70-51-31-25-44(64(10,11)12)36-50(51)69-58-52(70)33-40(55-56-48(65(13,14)38-67(56,17)18)37-49-57(55)68(19,20)39-66(49,15)16)34-53(58)71(46-29-23-42(24-30-46)62(4,5)6)59-47-35-43(63(7,8)9)26-32-54(47)72-60(59)69/h21-37H,38-39H2,1-20H3. The van der Waals surface area contributed by atoms with Gasteiger partial charge in [-0.15, -0.1) is 11.3 Å². The van der Waals surface area contributed by atoms with Gasteiger partial charge in [0, 0.05) is 43.3 Å². The van der Waals surface area contributed by atoms with Gasteiger partial charge in [0.05, 0.1) is 5.69 Å². The maximum absolute atomic E-state index is 2.72. The van der Waals surface area contributed by atoms with E-state index in [9.17, 15) is 0 Å². The number of hydrogen-bond donors (Lipinski definition) is 0. The van der Waals surface area contributed by atoms with Crippen molar-refractivity contribution in [1.29, 1.82) is 0 Å². The predicted octanol–water partition coefficient (Wildman–Crippen LogP) is 17.8. The molecule has 0 atom stereocenters. The maximum Gasteiger partial charge on any atom is 0.264 e. The number of hydrogen-bond acceptors (Lipinski definition) is 3. The van der Waals surface area contributed by atoms with E-state index >= 15 is 0 Å². The highest BCUT2D eigenvalue weighted by atomic mass is 32.1. The van der Waals surface area contributed by atoms with Gasteiger partial charge < -0.3 is 9.80 Å². The van der Waals surface area contributed by atoms with Crippen LogP contribution in [0.1, 0.15) is 196 Å². The SMILES string of the molecule is CC(C)(C)c1ccc(N2c3ccc(C(C)(C)C)cc3B3c4sc5ccc(C(C)(C)C)cc5c4N(c4ccc(C(C)(C)C)cc4)c4cc(-c5c6c(cc7c5C(C)(C)CC7(C)C)C(C)(C)CC6(C)C)cc2c43)cc1. The lowest BCUT2D eigenvalue weighted by molar-refractivity contribution is 0.396. The van der Waals surface area contributed by atoms with E-state index < -0.39 is 0 Å². The Morgan fingerprint density at radius 3 is 1.36 bits per heavy atom. The second kappa shape index (κ2) is 15.3. The van der Waals surface area contributed by atoms with Crippen LogP contribution in [0.3, 0.4) is 0 Å². The number of anilines is 6. The van der Waals surface area contributed by atoms with Crippen molar-refractivity contribution in [2.45, 2.75) is 195 Å². The average molecular weight is 969 g/mol. The average Bonchev–Trinajstić information content (AvgIpc) is 3.80. The van der Waals surface area contributed by atoms with Crippen molar-refractivity contribution < 1.29 is 0 Å². The molecule has 0 saturated heterocycles. The molecule has 0 unspecified atom stereocenters. The summed E-state index contributed by atoms with van der Waals surface area (Å²) in [5.74, 6) is 0. The van der Waals surface area contributed by atoms with Crippen molar-refractivity contribution in [3.63, 3.8) is 0 Å². The molecule has 0 N–H and O–H groups in total. The topological polar surface area (TPSA) is 6.48 Å². The monoisotopic (exact) mass is 969 g/mol. The first-order chi connectivity index (χ1) is 33.2. The molecule has 2 aliphatic heterocycles. The van der Waals surface area contributed by atoms with Gasteiger partial charge in [-0.05, 0) is 177 Å². The Morgan fingerprint density at radius 1 is 0.444 bits per heavy atom. The van der Waals surface area contributed by atoms with Crippen LogP contribution in [-0.4, -0.2) is 6.71 Å². The number of nitrogens with zero attached hydrogens (tertiary/aromatic N) is 2. The van der Waals surface area contributed by atoms with Gasteiger partial charge in [0.2, 0.25) is 0 Å². The number of benzene rings is 6. The minimum absolute atomic E-state index is 0.00752. The Bertz CT molecular complexity index is 3330. The van der Waals surface area contributed by atoms with E-state index in [1.807, 2.05) is 11.3 Å². The molecule has 11 rings (SSSR count). The van der Waals surface area contributed by atoms with Gasteiger partial charge in [-0.1, -0.05) is 187 Å². The number of thiophene rings is 1. The lowest BCUT2D eigenvalue weighted by atomic mass is 9.36. The van der Waals surface area contributed by atoms with E-state index in [1.165, 1.54) is 93.3 Å². The quantitative estimate of drug-likeness (QED) is 0.163. The molecule has 0 fully saturated rings. The summed E-state index contributed by atoms with van der Waals surface area (Å²) < 4.78 is 2.78. The Hall–Kier alpha value is -5.06. The highest BCUT2D eigenvalue weighted by molar-refractivity contribution is 7.33. The minimum atomic E-state index is -0.0312. The molecular weight excluding hydrogens is 888 g/mol. The summed E-state index contributed by atoms with van der Waals surface area (Å²) in [5, 5.41) is 1.35. The second-order valence-electron chi connectivity index (χ2n) is 29.4. The van der Waals surface area contributed by atoms with Crippen LogP contribution >= 0.6 is 11.3 Å². The van der Waals surface area contributed by atoms with E-state index in [-0.39, 0.29) is 50.0 Å². The van der Waals surface area contributed by atoms with Gasteiger partial charge in [-0.2, -0.15) is 0 Å². The molecule has 0 radical (unpaired) electrons. The first kappa shape index (κ1) is 49.2. The molecule has 0 amide bonds. The van der Waals surface area contributed by atoms with Crippen molar-refractivity contribution in [2.24, 2.45) is 0 Å². The molecule has 0 spiro atoms.